The first-order valence-corrected chi connectivity index (χ1v) is 8.08. The van der Waals surface area contributed by atoms with E-state index < -0.39 is 0 Å². The Hall–Kier alpha value is -1.93. The molecule has 1 atom stereocenters. The summed E-state index contributed by atoms with van der Waals surface area (Å²) in [4.78, 5) is 17.3. The molecule has 0 aromatic carbocycles. The number of ether oxygens (including phenoxy) is 1. The van der Waals surface area contributed by atoms with Gasteiger partial charge in [-0.15, -0.1) is 11.3 Å². The van der Waals surface area contributed by atoms with Crippen LogP contribution in [0.25, 0.3) is 0 Å². The number of H-pyrrole nitrogens is 1. The lowest BCUT2D eigenvalue weighted by molar-refractivity contribution is 0.0793. The van der Waals surface area contributed by atoms with Crippen molar-refractivity contribution >= 4 is 28.3 Å². The highest BCUT2D eigenvalue weighted by atomic mass is 32.1. The Bertz CT molecular complexity index is 640. The molecule has 2 aromatic rings. The molecule has 2 amide bonds. The average molecular weight is 321 g/mol. The summed E-state index contributed by atoms with van der Waals surface area (Å²) >= 11 is 1.45. The molecule has 2 aromatic heterocycles. The number of rotatable bonds is 3. The maximum atomic E-state index is 12.0. The van der Waals surface area contributed by atoms with Gasteiger partial charge in [-0.3, -0.25) is 15.7 Å². The van der Waals surface area contributed by atoms with Gasteiger partial charge in [-0.05, 0) is 26.7 Å². The van der Waals surface area contributed by atoms with Crippen LogP contribution in [0.2, 0.25) is 0 Å². The molecule has 7 nitrogen and oxygen atoms in total. The van der Waals surface area contributed by atoms with Crippen molar-refractivity contribution in [3.05, 3.63) is 22.3 Å². The van der Waals surface area contributed by atoms with Crippen LogP contribution in [0.15, 0.2) is 6.07 Å². The highest BCUT2D eigenvalue weighted by Crippen LogP contribution is 2.25. The molecule has 0 aliphatic carbocycles. The zero-order valence-corrected chi connectivity index (χ0v) is 13.4. The molecule has 8 heteroatoms. The van der Waals surface area contributed by atoms with Crippen LogP contribution in [0, 0.1) is 13.8 Å². The Morgan fingerprint density at radius 1 is 1.45 bits per heavy atom. The van der Waals surface area contributed by atoms with E-state index in [-0.39, 0.29) is 6.03 Å². The first-order chi connectivity index (χ1) is 10.6. The number of nitrogens with zero attached hydrogens (tertiary/aromatic N) is 2. The number of aryl methyl sites for hydroxylation is 2. The van der Waals surface area contributed by atoms with Crippen molar-refractivity contribution in [1.82, 2.24) is 15.2 Å². The maximum absolute atomic E-state index is 12.0. The summed E-state index contributed by atoms with van der Waals surface area (Å²) in [5.41, 5.74) is 1.93. The number of aromatic amines is 1. The number of aromatic nitrogens is 3. The summed E-state index contributed by atoms with van der Waals surface area (Å²) in [5.74, 6) is 0.826. The predicted molar refractivity (Wildman–Crippen MR) is 85.6 cm³/mol. The fourth-order valence-electron chi connectivity index (χ4n) is 2.37. The molecular weight excluding hydrogens is 302 g/mol. The van der Waals surface area contributed by atoms with Gasteiger partial charge in [-0.25, -0.2) is 9.78 Å². The van der Waals surface area contributed by atoms with Gasteiger partial charge in [-0.2, -0.15) is 5.10 Å². The van der Waals surface area contributed by atoms with E-state index in [4.69, 9.17) is 4.74 Å². The molecule has 0 radical (unpaired) electrons. The van der Waals surface area contributed by atoms with Gasteiger partial charge in [0.05, 0.1) is 12.3 Å². The molecule has 0 saturated carbocycles. The normalized spacial score (nSPS) is 18.2. The van der Waals surface area contributed by atoms with Crippen LogP contribution in [0.1, 0.15) is 35.0 Å². The van der Waals surface area contributed by atoms with Crippen molar-refractivity contribution < 1.29 is 9.53 Å². The van der Waals surface area contributed by atoms with E-state index in [0.717, 1.165) is 35.7 Å². The lowest BCUT2D eigenvalue weighted by Crippen LogP contribution is -2.19. The molecule has 3 rings (SSSR count). The number of carbonyl (C=O) groups excluding carboxylic acids is 1. The van der Waals surface area contributed by atoms with Crippen molar-refractivity contribution in [2.75, 3.05) is 23.8 Å². The van der Waals surface area contributed by atoms with Crippen molar-refractivity contribution in [3.63, 3.8) is 0 Å². The fraction of sp³-hybridized carbons (Fsp3) is 0.500. The predicted octanol–water partition coefficient (Wildman–Crippen LogP) is 3.02. The van der Waals surface area contributed by atoms with Crippen molar-refractivity contribution in [3.8, 4) is 0 Å². The minimum absolute atomic E-state index is 0.323. The zero-order valence-electron chi connectivity index (χ0n) is 12.6. The van der Waals surface area contributed by atoms with Crippen molar-refractivity contribution in [1.29, 1.82) is 0 Å². The SMILES string of the molecule is Cc1nc(NC(=O)Nc2cc([C@@H]3CCCOC3)[nH]n2)sc1C. The first kappa shape index (κ1) is 15.0. The monoisotopic (exact) mass is 321 g/mol. The van der Waals surface area contributed by atoms with E-state index >= 15 is 0 Å². The molecule has 22 heavy (non-hydrogen) atoms. The zero-order chi connectivity index (χ0) is 15.5. The second-order valence-electron chi connectivity index (χ2n) is 5.36. The van der Waals surface area contributed by atoms with Gasteiger partial charge in [0.25, 0.3) is 0 Å². The summed E-state index contributed by atoms with van der Waals surface area (Å²) < 4.78 is 5.47. The van der Waals surface area contributed by atoms with Crippen LogP contribution in [0.3, 0.4) is 0 Å². The third-order valence-electron chi connectivity index (χ3n) is 3.69. The Balaban J connectivity index is 1.58. The average Bonchev–Trinajstić information content (AvgIpc) is 3.07. The smallest absolute Gasteiger partial charge is 0.326 e. The maximum Gasteiger partial charge on any atom is 0.326 e. The topological polar surface area (TPSA) is 91.9 Å². The van der Waals surface area contributed by atoms with Gasteiger partial charge in [0.2, 0.25) is 0 Å². The number of nitrogens with one attached hydrogen (secondary N) is 3. The lowest BCUT2D eigenvalue weighted by Gasteiger charge is -2.20. The van der Waals surface area contributed by atoms with Crippen molar-refractivity contribution in [2.24, 2.45) is 0 Å². The Morgan fingerprint density at radius 3 is 3.00 bits per heavy atom. The lowest BCUT2D eigenvalue weighted by atomic mass is 9.99. The van der Waals surface area contributed by atoms with E-state index in [2.05, 4.69) is 25.8 Å². The molecule has 1 saturated heterocycles. The number of amides is 2. The molecule has 1 aliphatic rings. The Kier molecular flexibility index (Phi) is 4.39. The number of hydrogen-bond donors (Lipinski definition) is 3. The third kappa shape index (κ3) is 3.45. The Morgan fingerprint density at radius 2 is 2.32 bits per heavy atom. The molecule has 0 spiro atoms. The number of thiazole rings is 1. The summed E-state index contributed by atoms with van der Waals surface area (Å²) in [6.07, 6.45) is 2.13. The molecule has 1 aliphatic heterocycles. The van der Waals surface area contributed by atoms with E-state index in [1.807, 2.05) is 19.9 Å². The standard InChI is InChI=1S/C14H19N5O2S/c1-8-9(2)22-14(15-8)17-13(20)16-12-6-11(18-19-12)10-4-3-5-21-7-10/h6,10H,3-5,7H2,1-2H3,(H3,15,16,17,18,19,20)/t10-/m1/s1. The minimum atomic E-state index is -0.341. The highest BCUT2D eigenvalue weighted by molar-refractivity contribution is 7.15. The van der Waals surface area contributed by atoms with Gasteiger partial charge >= 0.3 is 6.03 Å². The van der Waals surface area contributed by atoms with Gasteiger partial charge in [0.1, 0.15) is 0 Å². The third-order valence-corrected chi connectivity index (χ3v) is 4.68. The number of carbonyl (C=O) groups is 1. The van der Waals surface area contributed by atoms with Crippen LogP contribution in [-0.4, -0.2) is 34.4 Å². The Labute approximate surface area is 132 Å². The van der Waals surface area contributed by atoms with Crippen LogP contribution >= 0.6 is 11.3 Å². The van der Waals surface area contributed by atoms with Gasteiger partial charge in [0.15, 0.2) is 10.9 Å². The first-order valence-electron chi connectivity index (χ1n) is 7.27. The van der Waals surface area contributed by atoms with Crippen LogP contribution in [0.5, 0.6) is 0 Å². The molecule has 0 bridgehead atoms. The summed E-state index contributed by atoms with van der Waals surface area (Å²) in [7, 11) is 0. The summed E-state index contributed by atoms with van der Waals surface area (Å²) in [6, 6.07) is 1.52. The van der Waals surface area contributed by atoms with Gasteiger partial charge in [-0.1, -0.05) is 0 Å². The van der Waals surface area contributed by atoms with Crippen LogP contribution < -0.4 is 10.6 Å². The fourth-order valence-corrected chi connectivity index (χ4v) is 3.18. The van der Waals surface area contributed by atoms with E-state index in [0.29, 0.717) is 23.5 Å². The molecule has 1 fully saturated rings. The van der Waals surface area contributed by atoms with E-state index in [9.17, 15) is 4.79 Å². The minimum Gasteiger partial charge on any atom is -0.381 e. The molecule has 3 heterocycles. The summed E-state index contributed by atoms with van der Waals surface area (Å²) in [5, 5.41) is 13.1. The van der Waals surface area contributed by atoms with Crippen LogP contribution in [0.4, 0.5) is 15.7 Å². The number of anilines is 2. The summed E-state index contributed by atoms with van der Waals surface area (Å²) in [6.45, 7) is 5.42. The second kappa shape index (κ2) is 6.45. The molecular formula is C14H19N5O2S. The number of urea groups is 1. The molecule has 0 unspecified atom stereocenters. The van der Waals surface area contributed by atoms with E-state index in [1.165, 1.54) is 11.3 Å². The quantitative estimate of drug-likeness (QED) is 0.810. The number of hydrogen-bond acceptors (Lipinski definition) is 5. The largest absolute Gasteiger partial charge is 0.381 e. The highest BCUT2D eigenvalue weighted by Gasteiger charge is 2.19. The molecule has 118 valence electrons. The van der Waals surface area contributed by atoms with Gasteiger partial charge in [0, 0.05) is 29.2 Å². The van der Waals surface area contributed by atoms with Gasteiger partial charge < -0.3 is 4.74 Å². The van der Waals surface area contributed by atoms with Crippen molar-refractivity contribution in [2.45, 2.75) is 32.6 Å². The second-order valence-corrected chi connectivity index (χ2v) is 6.57. The molecule has 3 N–H and O–H groups in total. The van der Waals surface area contributed by atoms with E-state index in [1.54, 1.807) is 0 Å². The van der Waals surface area contributed by atoms with Crippen LogP contribution in [-0.2, 0) is 4.74 Å².